The highest BCUT2D eigenvalue weighted by Crippen LogP contribution is 2.17. The summed E-state index contributed by atoms with van der Waals surface area (Å²) in [6.07, 6.45) is 0.594. The van der Waals surface area contributed by atoms with Gasteiger partial charge >= 0.3 is 0 Å². The fraction of sp³-hybridized carbons (Fsp3) is 0.0667. The van der Waals surface area contributed by atoms with Gasteiger partial charge in [0.15, 0.2) is 0 Å². The zero-order valence-electron chi connectivity index (χ0n) is 11.8. The van der Waals surface area contributed by atoms with E-state index in [0.29, 0.717) is 22.5 Å². The first kappa shape index (κ1) is 15.6. The topological polar surface area (TPSA) is 143 Å². The predicted octanol–water partition coefficient (Wildman–Crippen LogP) is 0.939. The molecule has 0 aliphatic rings. The van der Waals surface area contributed by atoms with Gasteiger partial charge in [-0.05, 0) is 35.9 Å². The fourth-order valence-electron chi connectivity index (χ4n) is 1.95. The lowest BCUT2D eigenvalue weighted by atomic mass is 10.1. The Labute approximate surface area is 128 Å². The molecule has 2 aromatic rings. The number of hydrazine groups is 1. The van der Waals surface area contributed by atoms with Crippen LogP contribution in [0.5, 0.6) is 0 Å². The fourth-order valence-corrected chi connectivity index (χ4v) is 1.95. The molecule has 1 atom stereocenters. The standard InChI is InChI=1S/C15H18N6O/c16-8-11-6-10(4-5-13(11)17)15(22)20-12-3-1-2-9(7-12)14(18)21-19/h1-8,14,16,21H,17-19H2,(H,20,22). The molecule has 1 unspecified atom stereocenters. The quantitative estimate of drug-likeness (QED) is 0.160. The van der Waals surface area contributed by atoms with Gasteiger partial charge in [0.2, 0.25) is 0 Å². The van der Waals surface area contributed by atoms with Crippen LogP contribution in [-0.2, 0) is 0 Å². The van der Waals surface area contributed by atoms with Gasteiger partial charge < -0.3 is 22.2 Å². The molecule has 1 amide bonds. The molecule has 0 saturated heterocycles. The maximum absolute atomic E-state index is 12.2. The van der Waals surface area contributed by atoms with Gasteiger partial charge in [0, 0.05) is 28.7 Å². The number of rotatable bonds is 5. The summed E-state index contributed by atoms with van der Waals surface area (Å²) in [5.74, 6) is 5.00. The largest absolute Gasteiger partial charge is 0.398 e. The smallest absolute Gasteiger partial charge is 0.255 e. The first-order valence-corrected chi connectivity index (χ1v) is 6.58. The van der Waals surface area contributed by atoms with Crippen LogP contribution in [0.25, 0.3) is 0 Å². The van der Waals surface area contributed by atoms with E-state index in [1.165, 1.54) is 0 Å². The number of benzene rings is 2. The van der Waals surface area contributed by atoms with Crippen molar-refractivity contribution in [2.24, 2.45) is 11.6 Å². The molecule has 0 aromatic heterocycles. The second-order valence-electron chi connectivity index (χ2n) is 4.71. The van der Waals surface area contributed by atoms with Gasteiger partial charge in [0.25, 0.3) is 5.91 Å². The molecule has 7 heteroatoms. The van der Waals surface area contributed by atoms with E-state index in [-0.39, 0.29) is 5.91 Å². The van der Waals surface area contributed by atoms with Crippen LogP contribution in [-0.4, -0.2) is 12.1 Å². The Morgan fingerprint density at radius 3 is 2.68 bits per heavy atom. The summed E-state index contributed by atoms with van der Waals surface area (Å²) in [4.78, 5) is 12.2. The minimum atomic E-state index is -0.516. The molecule has 0 bridgehead atoms. The second-order valence-corrected chi connectivity index (χ2v) is 4.71. The number of hydrogen-bond donors (Lipinski definition) is 6. The minimum Gasteiger partial charge on any atom is -0.398 e. The Bertz CT molecular complexity index is 700. The van der Waals surface area contributed by atoms with Gasteiger partial charge in [-0.3, -0.25) is 10.6 Å². The van der Waals surface area contributed by atoms with Crippen molar-refractivity contribution in [3.8, 4) is 0 Å². The molecule has 0 radical (unpaired) electrons. The first-order chi connectivity index (χ1) is 10.5. The number of nitrogen functional groups attached to an aromatic ring is 1. The summed E-state index contributed by atoms with van der Waals surface area (Å²) >= 11 is 0. The van der Waals surface area contributed by atoms with Gasteiger partial charge in [-0.2, -0.15) is 0 Å². The number of anilines is 2. The lowest BCUT2D eigenvalue weighted by Crippen LogP contribution is -2.34. The molecule has 2 aromatic carbocycles. The van der Waals surface area contributed by atoms with E-state index in [2.05, 4.69) is 10.7 Å². The molecule has 9 N–H and O–H groups in total. The van der Waals surface area contributed by atoms with Gasteiger partial charge in [0.1, 0.15) is 0 Å². The Balaban J connectivity index is 2.20. The molecule has 0 aliphatic carbocycles. The van der Waals surface area contributed by atoms with Crippen LogP contribution in [0.1, 0.15) is 27.7 Å². The van der Waals surface area contributed by atoms with Gasteiger partial charge in [-0.1, -0.05) is 12.1 Å². The highest BCUT2D eigenvalue weighted by Gasteiger charge is 2.09. The average molecular weight is 298 g/mol. The summed E-state index contributed by atoms with van der Waals surface area (Å²) in [5, 5.41) is 10.0. The zero-order chi connectivity index (χ0) is 16.1. The third kappa shape index (κ3) is 3.47. The number of nitrogens with two attached hydrogens (primary N) is 3. The first-order valence-electron chi connectivity index (χ1n) is 6.58. The van der Waals surface area contributed by atoms with Crippen LogP contribution in [0, 0.1) is 5.41 Å². The lowest BCUT2D eigenvalue weighted by molar-refractivity contribution is 0.102. The Morgan fingerprint density at radius 1 is 1.23 bits per heavy atom. The van der Waals surface area contributed by atoms with E-state index in [1.54, 1.807) is 42.5 Å². The second kappa shape index (κ2) is 6.81. The van der Waals surface area contributed by atoms with E-state index in [9.17, 15) is 4.79 Å². The van der Waals surface area contributed by atoms with E-state index < -0.39 is 6.17 Å². The minimum absolute atomic E-state index is 0.297. The van der Waals surface area contributed by atoms with Crippen LogP contribution in [0.3, 0.4) is 0 Å². The molecule has 7 nitrogen and oxygen atoms in total. The highest BCUT2D eigenvalue weighted by molar-refractivity contribution is 6.05. The van der Waals surface area contributed by atoms with E-state index >= 15 is 0 Å². The van der Waals surface area contributed by atoms with E-state index in [1.807, 2.05) is 0 Å². The number of nitrogens with one attached hydrogen (secondary N) is 3. The molecule has 114 valence electrons. The van der Waals surface area contributed by atoms with Crippen LogP contribution in [0.15, 0.2) is 42.5 Å². The van der Waals surface area contributed by atoms with E-state index in [0.717, 1.165) is 11.8 Å². The molecule has 2 rings (SSSR count). The van der Waals surface area contributed by atoms with Crippen molar-refractivity contribution in [3.63, 3.8) is 0 Å². The molecule has 0 heterocycles. The summed E-state index contributed by atoms with van der Waals surface area (Å²) in [7, 11) is 0. The third-order valence-electron chi connectivity index (χ3n) is 3.19. The third-order valence-corrected chi connectivity index (χ3v) is 3.19. The van der Waals surface area contributed by atoms with Crippen molar-refractivity contribution in [2.75, 3.05) is 11.1 Å². The number of carbonyl (C=O) groups excluding carboxylic acids is 1. The Hall–Kier alpha value is -2.74. The van der Waals surface area contributed by atoms with Crippen molar-refractivity contribution >= 4 is 23.5 Å². The number of hydrogen-bond acceptors (Lipinski definition) is 6. The Kier molecular flexibility index (Phi) is 4.84. The summed E-state index contributed by atoms with van der Waals surface area (Å²) < 4.78 is 0. The summed E-state index contributed by atoms with van der Waals surface area (Å²) in [5.41, 5.74) is 16.6. The van der Waals surface area contributed by atoms with Crippen LogP contribution in [0.2, 0.25) is 0 Å². The summed E-state index contributed by atoms with van der Waals surface area (Å²) in [6.45, 7) is 0. The van der Waals surface area contributed by atoms with E-state index in [4.69, 9.17) is 22.7 Å². The number of amides is 1. The van der Waals surface area contributed by atoms with Crippen LogP contribution < -0.4 is 28.1 Å². The van der Waals surface area contributed by atoms with Crippen molar-refractivity contribution in [2.45, 2.75) is 6.17 Å². The lowest BCUT2D eigenvalue weighted by Gasteiger charge is -2.12. The highest BCUT2D eigenvalue weighted by atomic mass is 16.1. The van der Waals surface area contributed by atoms with Crippen molar-refractivity contribution in [1.82, 2.24) is 5.43 Å². The molecular weight excluding hydrogens is 280 g/mol. The number of carbonyl (C=O) groups is 1. The average Bonchev–Trinajstić information content (AvgIpc) is 2.54. The van der Waals surface area contributed by atoms with Crippen molar-refractivity contribution in [1.29, 1.82) is 5.41 Å². The van der Waals surface area contributed by atoms with Gasteiger partial charge in [-0.15, -0.1) is 0 Å². The predicted molar refractivity (Wildman–Crippen MR) is 87.4 cm³/mol. The molecule has 0 aliphatic heterocycles. The van der Waals surface area contributed by atoms with Crippen molar-refractivity contribution < 1.29 is 4.79 Å². The summed E-state index contributed by atoms with van der Waals surface area (Å²) in [6, 6.07) is 11.8. The molecule has 0 saturated carbocycles. The Morgan fingerprint density at radius 2 is 2.00 bits per heavy atom. The van der Waals surface area contributed by atoms with Crippen LogP contribution in [0.4, 0.5) is 11.4 Å². The molecule has 0 spiro atoms. The monoisotopic (exact) mass is 298 g/mol. The SMILES string of the molecule is N=Cc1cc(C(=O)Nc2cccc(C(N)NN)c2)ccc1N. The molecular formula is C15H18N6O. The maximum atomic E-state index is 12.2. The maximum Gasteiger partial charge on any atom is 0.255 e. The normalized spacial score (nSPS) is 11.7. The zero-order valence-corrected chi connectivity index (χ0v) is 11.8. The van der Waals surface area contributed by atoms with Crippen LogP contribution >= 0.6 is 0 Å². The molecule has 22 heavy (non-hydrogen) atoms. The molecule has 0 fully saturated rings. The van der Waals surface area contributed by atoms with Gasteiger partial charge in [-0.25, -0.2) is 5.43 Å². The van der Waals surface area contributed by atoms with Crippen molar-refractivity contribution in [3.05, 3.63) is 59.2 Å². The van der Waals surface area contributed by atoms with Gasteiger partial charge in [0.05, 0.1) is 6.17 Å².